The van der Waals surface area contributed by atoms with Crippen LogP contribution in [0.25, 0.3) is 5.65 Å². The normalized spacial score (nSPS) is 11.2. The number of aromatic nitrogens is 5. The second-order valence-electron chi connectivity index (χ2n) is 5.20. The number of nitrogens with two attached hydrogens (primary N) is 1. The van der Waals surface area contributed by atoms with Crippen molar-refractivity contribution in [3.05, 3.63) is 35.7 Å². The summed E-state index contributed by atoms with van der Waals surface area (Å²) in [6, 6.07) is 3.87. The lowest BCUT2D eigenvalue weighted by molar-refractivity contribution is 0.434. The summed E-state index contributed by atoms with van der Waals surface area (Å²) in [5.41, 5.74) is 9.27. The number of tetrazole rings is 1. The lowest BCUT2D eigenvalue weighted by Crippen LogP contribution is -2.02. The van der Waals surface area contributed by atoms with E-state index < -0.39 is 0 Å². The van der Waals surface area contributed by atoms with Gasteiger partial charge >= 0.3 is 0 Å². The van der Waals surface area contributed by atoms with Crippen LogP contribution in [0.5, 0.6) is 11.6 Å². The minimum Gasteiger partial charge on any atom is -0.437 e. The first-order chi connectivity index (χ1) is 10.1. The van der Waals surface area contributed by atoms with E-state index in [2.05, 4.69) is 34.4 Å². The molecule has 108 valence electrons. The van der Waals surface area contributed by atoms with Crippen molar-refractivity contribution in [3.63, 3.8) is 0 Å². The van der Waals surface area contributed by atoms with Crippen LogP contribution in [-0.2, 0) is 0 Å². The molecule has 3 aromatic rings. The predicted molar refractivity (Wildman–Crippen MR) is 78.3 cm³/mol. The molecule has 1 aromatic carbocycles. The van der Waals surface area contributed by atoms with Crippen molar-refractivity contribution in [1.29, 1.82) is 0 Å². The molecule has 2 N–H and O–H groups in total. The molecule has 0 bridgehead atoms. The Kier molecular flexibility index (Phi) is 3.17. The van der Waals surface area contributed by atoms with Crippen LogP contribution in [0.4, 0.5) is 5.69 Å². The first-order valence-electron chi connectivity index (χ1n) is 6.66. The standard InChI is InChI=1S/C14H16N6O/c1-8(2)10-5-11(15)9(3)4-12(10)21-14-7-16-6-13-17-18-19-20(13)14/h4-8H,15H2,1-3H3. The maximum Gasteiger partial charge on any atom is 0.242 e. The number of aryl methyl sites for hydroxylation is 1. The Morgan fingerprint density at radius 3 is 2.81 bits per heavy atom. The Morgan fingerprint density at radius 1 is 1.24 bits per heavy atom. The fourth-order valence-corrected chi connectivity index (χ4v) is 2.09. The van der Waals surface area contributed by atoms with Gasteiger partial charge < -0.3 is 10.5 Å². The summed E-state index contributed by atoms with van der Waals surface area (Å²) in [5, 5.41) is 11.4. The second kappa shape index (κ2) is 5.01. The number of rotatable bonds is 3. The quantitative estimate of drug-likeness (QED) is 0.742. The molecule has 0 atom stereocenters. The fourth-order valence-electron chi connectivity index (χ4n) is 2.09. The van der Waals surface area contributed by atoms with Crippen molar-refractivity contribution in [2.24, 2.45) is 0 Å². The van der Waals surface area contributed by atoms with Gasteiger partial charge in [0, 0.05) is 5.69 Å². The first kappa shape index (κ1) is 13.3. The number of ether oxygens (including phenoxy) is 1. The van der Waals surface area contributed by atoms with Gasteiger partial charge in [0.05, 0.1) is 12.4 Å². The largest absolute Gasteiger partial charge is 0.437 e. The van der Waals surface area contributed by atoms with Crippen LogP contribution in [0.3, 0.4) is 0 Å². The number of hydrogen-bond donors (Lipinski definition) is 1. The fraction of sp³-hybridized carbons (Fsp3) is 0.286. The average molecular weight is 284 g/mol. The average Bonchev–Trinajstić information content (AvgIpc) is 2.91. The third kappa shape index (κ3) is 2.37. The molecule has 2 aromatic heterocycles. The molecule has 0 saturated carbocycles. The van der Waals surface area contributed by atoms with E-state index in [1.165, 1.54) is 4.52 Å². The topological polar surface area (TPSA) is 91.2 Å². The van der Waals surface area contributed by atoms with Crippen molar-refractivity contribution in [2.45, 2.75) is 26.7 Å². The third-order valence-corrected chi connectivity index (χ3v) is 3.31. The maximum absolute atomic E-state index is 5.99. The maximum atomic E-state index is 5.99. The number of benzene rings is 1. The van der Waals surface area contributed by atoms with Crippen molar-refractivity contribution in [3.8, 4) is 11.6 Å². The molecule has 0 amide bonds. The summed E-state index contributed by atoms with van der Waals surface area (Å²) in [4.78, 5) is 4.08. The van der Waals surface area contributed by atoms with Crippen molar-refractivity contribution >= 4 is 11.3 Å². The van der Waals surface area contributed by atoms with Gasteiger partial charge in [-0.25, -0.2) is 0 Å². The minimum absolute atomic E-state index is 0.281. The summed E-state index contributed by atoms with van der Waals surface area (Å²) in [7, 11) is 0. The van der Waals surface area contributed by atoms with Crippen LogP contribution < -0.4 is 10.5 Å². The number of nitrogen functional groups attached to an aromatic ring is 1. The van der Waals surface area contributed by atoms with Crippen LogP contribution in [0.1, 0.15) is 30.9 Å². The molecule has 0 spiro atoms. The molecular weight excluding hydrogens is 268 g/mol. The van der Waals surface area contributed by atoms with Crippen LogP contribution in [0.2, 0.25) is 0 Å². The Bertz CT molecular complexity index is 795. The Labute approximate surface area is 121 Å². The van der Waals surface area contributed by atoms with Gasteiger partial charge in [-0.1, -0.05) is 13.8 Å². The van der Waals surface area contributed by atoms with Gasteiger partial charge in [-0.05, 0) is 46.5 Å². The Balaban J connectivity index is 2.09. The highest BCUT2D eigenvalue weighted by Crippen LogP contribution is 2.33. The molecule has 0 fully saturated rings. The zero-order chi connectivity index (χ0) is 15.0. The lowest BCUT2D eigenvalue weighted by atomic mass is 9.99. The molecule has 7 nitrogen and oxygen atoms in total. The summed E-state index contributed by atoms with van der Waals surface area (Å²) in [5.74, 6) is 1.48. The van der Waals surface area contributed by atoms with Crippen LogP contribution >= 0.6 is 0 Å². The van der Waals surface area contributed by atoms with Crippen molar-refractivity contribution in [2.75, 3.05) is 5.73 Å². The highest BCUT2D eigenvalue weighted by atomic mass is 16.5. The van der Waals surface area contributed by atoms with Gasteiger partial charge in [0.1, 0.15) is 5.75 Å². The van der Waals surface area contributed by atoms with Crippen molar-refractivity contribution in [1.82, 2.24) is 25.0 Å². The Morgan fingerprint density at radius 2 is 2.05 bits per heavy atom. The van der Waals surface area contributed by atoms with E-state index >= 15 is 0 Å². The molecular formula is C14H16N6O. The summed E-state index contributed by atoms with van der Waals surface area (Å²) < 4.78 is 7.48. The van der Waals surface area contributed by atoms with E-state index in [1.54, 1.807) is 12.4 Å². The number of nitrogens with zero attached hydrogens (tertiary/aromatic N) is 5. The summed E-state index contributed by atoms with van der Waals surface area (Å²) >= 11 is 0. The van der Waals surface area contributed by atoms with Gasteiger partial charge in [-0.15, -0.1) is 5.10 Å². The smallest absolute Gasteiger partial charge is 0.242 e. The molecule has 0 aliphatic carbocycles. The molecule has 0 unspecified atom stereocenters. The molecule has 0 aliphatic rings. The number of fused-ring (bicyclic) bond motifs is 1. The molecule has 7 heteroatoms. The molecule has 2 heterocycles. The van der Waals surface area contributed by atoms with Gasteiger partial charge in [0.15, 0.2) is 0 Å². The van der Waals surface area contributed by atoms with E-state index in [4.69, 9.17) is 10.5 Å². The zero-order valence-corrected chi connectivity index (χ0v) is 12.1. The van der Waals surface area contributed by atoms with Crippen LogP contribution in [0.15, 0.2) is 24.5 Å². The number of anilines is 1. The first-order valence-corrected chi connectivity index (χ1v) is 6.66. The molecule has 0 radical (unpaired) electrons. The van der Waals surface area contributed by atoms with E-state index in [1.807, 2.05) is 19.1 Å². The molecule has 0 aliphatic heterocycles. The van der Waals surface area contributed by atoms with Gasteiger partial charge in [0.2, 0.25) is 11.5 Å². The van der Waals surface area contributed by atoms with E-state index in [9.17, 15) is 0 Å². The number of hydrogen-bond acceptors (Lipinski definition) is 6. The highest BCUT2D eigenvalue weighted by molar-refractivity contribution is 5.55. The van der Waals surface area contributed by atoms with Gasteiger partial charge in [-0.3, -0.25) is 4.98 Å². The van der Waals surface area contributed by atoms with Gasteiger partial charge in [-0.2, -0.15) is 4.52 Å². The van der Waals surface area contributed by atoms with E-state index in [0.717, 1.165) is 22.6 Å². The van der Waals surface area contributed by atoms with Crippen LogP contribution in [-0.4, -0.2) is 25.0 Å². The third-order valence-electron chi connectivity index (χ3n) is 3.31. The summed E-state index contributed by atoms with van der Waals surface area (Å²) in [6.45, 7) is 6.13. The molecule has 3 rings (SSSR count). The van der Waals surface area contributed by atoms with Crippen molar-refractivity contribution < 1.29 is 4.74 Å². The minimum atomic E-state index is 0.281. The van der Waals surface area contributed by atoms with Gasteiger partial charge in [0.25, 0.3) is 0 Å². The monoisotopic (exact) mass is 284 g/mol. The zero-order valence-electron chi connectivity index (χ0n) is 12.1. The van der Waals surface area contributed by atoms with Crippen LogP contribution in [0, 0.1) is 6.92 Å². The highest BCUT2D eigenvalue weighted by Gasteiger charge is 2.14. The second-order valence-corrected chi connectivity index (χ2v) is 5.20. The lowest BCUT2D eigenvalue weighted by Gasteiger charge is -2.16. The summed E-state index contributed by atoms with van der Waals surface area (Å²) in [6.07, 6.45) is 3.16. The predicted octanol–water partition coefficient (Wildman–Crippen LogP) is 2.33. The molecule has 21 heavy (non-hydrogen) atoms. The van der Waals surface area contributed by atoms with E-state index in [-0.39, 0.29) is 5.92 Å². The SMILES string of the molecule is Cc1cc(Oc2cncc3nnnn23)c(C(C)C)cc1N. The Hall–Kier alpha value is -2.70. The molecule has 0 saturated heterocycles. The van der Waals surface area contributed by atoms with E-state index in [0.29, 0.717) is 11.5 Å².